The fourth-order valence-electron chi connectivity index (χ4n) is 3.26. The largest absolute Gasteiger partial charge is 0.325 e. The third-order valence-electron chi connectivity index (χ3n) is 5.00. The second-order valence-electron chi connectivity index (χ2n) is 7.41. The predicted molar refractivity (Wildman–Crippen MR) is 121 cm³/mol. The summed E-state index contributed by atoms with van der Waals surface area (Å²) >= 11 is 1.29. The molecule has 1 N–H and O–H groups in total. The minimum absolute atomic E-state index is 0.0451. The number of fused-ring (bicyclic) bond motifs is 1. The van der Waals surface area contributed by atoms with E-state index in [0.717, 1.165) is 17.7 Å². The smallest absolute Gasteiger partial charge is 0.262 e. The van der Waals surface area contributed by atoms with Crippen LogP contribution in [0.4, 0.5) is 5.69 Å². The average Bonchev–Trinajstić information content (AvgIpc) is 2.72. The topological polar surface area (TPSA) is 64.0 Å². The van der Waals surface area contributed by atoms with E-state index in [9.17, 15) is 9.59 Å². The van der Waals surface area contributed by atoms with Gasteiger partial charge in [-0.25, -0.2) is 4.98 Å². The number of amides is 1. The molecule has 1 amide bonds. The van der Waals surface area contributed by atoms with Gasteiger partial charge in [-0.15, -0.1) is 0 Å². The molecule has 2 aromatic carbocycles. The summed E-state index contributed by atoms with van der Waals surface area (Å²) < 4.78 is 1.66. The first-order chi connectivity index (χ1) is 13.9. The molecule has 152 valence electrons. The van der Waals surface area contributed by atoms with Crippen molar-refractivity contribution in [3.63, 3.8) is 0 Å². The molecule has 0 saturated heterocycles. The number of para-hydroxylation sites is 2. The number of hydrogen-bond donors (Lipinski definition) is 1. The van der Waals surface area contributed by atoms with E-state index in [1.165, 1.54) is 11.8 Å². The fourth-order valence-corrected chi connectivity index (χ4v) is 4.19. The maximum atomic E-state index is 12.9. The number of carbonyl (C=O) groups is 1. The number of nitrogens with one attached hydrogen (secondary N) is 1. The second-order valence-corrected chi connectivity index (χ2v) is 8.36. The lowest BCUT2D eigenvalue weighted by atomic mass is 9.97. The highest BCUT2D eigenvalue weighted by Gasteiger charge is 2.16. The first kappa shape index (κ1) is 21.1. The van der Waals surface area contributed by atoms with Gasteiger partial charge in [-0.2, -0.15) is 0 Å². The molecule has 0 aliphatic heterocycles. The molecule has 0 bridgehead atoms. The van der Waals surface area contributed by atoms with Crippen molar-refractivity contribution in [1.82, 2.24) is 9.55 Å². The average molecular weight is 410 g/mol. The van der Waals surface area contributed by atoms with Gasteiger partial charge in [0.2, 0.25) is 5.91 Å². The lowest BCUT2D eigenvalue weighted by Crippen LogP contribution is -2.25. The minimum Gasteiger partial charge on any atom is -0.325 e. The Kier molecular flexibility index (Phi) is 6.75. The van der Waals surface area contributed by atoms with E-state index in [2.05, 4.69) is 30.2 Å². The van der Waals surface area contributed by atoms with Gasteiger partial charge >= 0.3 is 0 Å². The monoisotopic (exact) mass is 409 g/mol. The predicted octanol–water partition coefficient (Wildman–Crippen LogP) is 5.22. The Balaban J connectivity index is 1.82. The van der Waals surface area contributed by atoms with Crippen LogP contribution in [0.2, 0.25) is 0 Å². The molecule has 0 spiro atoms. The van der Waals surface area contributed by atoms with Crippen LogP contribution in [-0.2, 0) is 4.79 Å². The molecule has 1 heterocycles. The lowest BCUT2D eigenvalue weighted by Gasteiger charge is -2.17. The van der Waals surface area contributed by atoms with E-state index in [0.29, 0.717) is 22.0 Å². The molecular formula is C23H27N3O2S. The number of rotatable bonds is 7. The van der Waals surface area contributed by atoms with Gasteiger partial charge in [-0.05, 0) is 49.9 Å². The molecule has 5 nitrogen and oxygen atoms in total. The third-order valence-corrected chi connectivity index (χ3v) is 5.96. The summed E-state index contributed by atoms with van der Waals surface area (Å²) in [6, 6.07) is 15.2. The van der Waals surface area contributed by atoms with Gasteiger partial charge < -0.3 is 5.32 Å². The Hall–Kier alpha value is -2.60. The summed E-state index contributed by atoms with van der Waals surface area (Å²) in [7, 11) is 0. The molecule has 0 radical (unpaired) electrons. The summed E-state index contributed by atoms with van der Waals surface area (Å²) in [6.07, 6.45) is 1.00. The number of aromatic nitrogens is 2. The summed E-state index contributed by atoms with van der Waals surface area (Å²) in [6.45, 7) is 8.19. The van der Waals surface area contributed by atoms with Gasteiger partial charge in [0.25, 0.3) is 5.56 Å². The van der Waals surface area contributed by atoms with E-state index < -0.39 is 0 Å². The zero-order valence-electron chi connectivity index (χ0n) is 17.3. The molecule has 3 aromatic rings. The number of anilines is 1. The van der Waals surface area contributed by atoms with Gasteiger partial charge in [0.1, 0.15) is 0 Å². The Morgan fingerprint density at radius 3 is 2.52 bits per heavy atom. The fraction of sp³-hybridized carbons (Fsp3) is 0.348. The van der Waals surface area contributed by atoms with Gasteiger partial charge in [0.15, 0.2) is 5.16 Å². The number of hydrogen-bond acceptors (Lipinski definition) is 4. The minimum atomic E-state index is -0.108. The standard InChI is InChI=1S/C23H27N3O2S/c1-5-16(4)17-10-6-8-12-19(17)24-21(27)14-29-23-25-20-13-9-7-11-18(20)22(28)26(23)15(2)3/h6-13,15-16H,5,14H2,1-4H3,(H,24,27)/t16-/m1/s1. The number of nitrogens with zero attached hydrogens (tertiary/aromatic N) is 2. The highest BCUT2D eigenvalue weighted by atomic mass is 32.2. The maximum Gasteiger partial charge on any atom is 0.262 e. The van der Waals surface area contributed by atoms with Crippen LogP contribution in [0.25, 0.3) is 10.9 Å². The molecule has 1 atom stereocenters. The van der Waals surface area contributed by atoms with Crippen molar-refractivity contribution in [2.75, 3.05) is 11.1 Å². The Bertz CT molecular complexity index is 1080. The van der Waals surface area contributed by atoms with Crippen LogP contribution in [0.15, 0.2) is 58.5 Å². The molecular weight excluding hydrogens is 382 g/mol. The van der Waals surface area contributed by atoms with E-state index in [4.69, 9.17) is 0 Å². The molecule has 0 aliphatic rings. The maximum absolute atomic E-state index is 12.9. The number of thioether (sulfide) groups is 1. The zero-order chi connectivity index (χ0) is 21.0. The first-order valence-corrected chi connectivity index (χ1v) is 10.9. The van der Waals surface area contributed by atoms with Crippen molar-refractivity contribution in [1.29, 1.82) is 0 Å². The van der Waals surface area contributed by atoms with Crippen molar-refractivity contribution >= 4 is 34.3 Å². The zero-order valence-corrected chi connectivity index (χ0v) is 18.1. The molecule has 0 unspecified atom stereocenters. The SMILES string of the molecule is CC[C@@H](C)c1ccccc1NC(=O)CSc1nc2ccccc2c(=O)n1C(C)C. The Morgan fingerprint density at radius 1 is 1.10 bits per heavy atom. The van der Waals surface area contributed by atoms with Crippen LogP contribution in [0, 0.1) is 0 Å². The normalized spacial score (nSPS) is 12.3. The summed E-state index contributed by atoms with van der Waals surface area (Å²) in [4.78, 5) is 30.2. The first-order valence-electron chi connectivity index (χ1n) is 9.95. The van der Waals surface area contributed by atoms with E-state index in [-0.39, 0.29) is 23.3 Å². The summed E-state index contributed by atoms with van der Waals surface area (Å²) in [5, 5.41) is 4.18. The van der Waals surface area contributed by atoms with Crippen LogP contribution in [0.3, 0.4) is 0 Å². The van der Waals surface area contributed by atoms with Crippen LogP contribution >= 0.6 is 11.8 Å². The highest BCUT2D eigenvalue weighted by molar-refractivity contribution is 7.99. The summed E-state index contributed by atoms with van der Waals surface area (Å²) in [5.74, 6) is 0.447. The number of carbonyl (C=O) groups excluding carboxylic acids is 1. The summed E-state index contributed by atoms with van der Waals surface area (Å²) in [5.41, 5.74) is 2.56. The molecule has 0 fully saturated rings. The molecule has 0 saturated carbocycles. The quantitative estimate of drug-likeness (QED) is 0.429. The van der Waals surface area contributed by atoms with Crippen LogP contribution < -0.4 is 10.9 Å². The van der Waals surface area contributed by atoms with Crippen molar-refractivity contribution in [2.24, 2.45) is 0 Å². The van der Waals surface area contributed by atoms with Gasteiger partial charge in [-0.3, -0.25) is 14.2 Å². The van der Waals surface area contributed by atoms with Crippen LogP contribution in [0.5, 0.6) is 0 Å². The second kappa shape index (κ2) is 9.27. The molecule has 0 aliphatic carbocycles. The van der Waals surface area contributed by atoms with Gasteiger partial charge in [0.05, 0.1) is 16.7 Å². The molecule has 29 heavy (non-hydrogen) atoms. The Labute approximate surface area is 175 Å². The van der Waals surface area contributed by atoms with E-state index in [1.807, 2.05) is 50.2 Å². The van der Waals surface area contributed by atoms with Gasteiger partial charge in [-0.1, -0.05) is 55.9 Å². The van der Waals surface area contributed by atoms with Gasteiger partial charge in [0, 0.05) is 11.7 Å². The third kappa shape index (κ3) is 4.70. The van der Waals surface area contributed by atoms with Crippen LogP contribution in [0.1, 0.15) is 51.6 Å². The number of benzene rings is 2. The van der Waals surface area contributed by atoms with E-state index >= 15 is 0 Å². The Morgan fingerprint density at radius 2 is 1.79 bits per heavy atom. The molecule has 1 aromatic heterocycles. The molecule has 3 rings (SSSR count). The van der Waals surface area contributed by atoms with E-state index in [1.54, 1.807) is 10.6 Å². The lowest BCUT2D eigenvalue weighted by molar-refractivity contribution is -0.113. The van der Waals surface area contributed by atoms with Crippen molar-refractivity contribution in [3.8, 4) is 0 Å². The van der Waals surface area contributed by atoms with Crippen LogP contribution in [-0.4, -0.2) is 21.2 Å². The van der Waals surface area contributed by atoms with Crippen molar-refractivity contribution in [3.05, 3.63) is 64.4 Å². The highest BCUT2D eigenvalue weighted by Crippen LogP contribution is 2.27. The van der Waals surface area contributed by atoms with Crippen molar-refractivity contribution in [2.45, 2.75) is 51.2 Å². The molecule has 6 heteroatoms. The van der Waals surface area contributed by atoms with Crippen molar-refractivity contribution < 1.29 is 4.79 Å².